The van der Waals surface area contributed by atoms with Gasteiger partial charge in [-0.05, 0) is 138 Å². The van der Waals surface area contributed by atoms with E-state index in [1.807, 2.05) is 22.2 Å². The number of carbonyl (C=O) groups excluding carboxylic acids is 4. The molecule has 4 amide bonds. The quantitative estimate of drug-likeness (QED) is 0.113. The fraction of sp³-hybridized carbons (Fsp3) is 0.593. The number of methoxy groups -OCH3 is 2. The van der Waals surface area contributed by atoms with Gasteiger partial charge in [0.25, 0.3) is 0 Å². The molecule has 4 aromatic rings. The number of amides is 4. The van der Waals surface area contributed by atoms with Crippen molar-refractivity contribution in [3.63, 3.8) is 0 Å². The number of benzene rings is 2. The Morgan fingerprint density at radius 2 is 0.957 bits per heavy atom. The molecule has 0 bridgehead atoms. The SMILES string of the molecule is COC(=O)N[C@H](C(=O)N1[C@@H](C)CC[C@H]1c1ncc(-c2ccc(-c3ccc(-c4cnc([C@@H]5CC[C@H](C)N5C(=O)[C@@H](NC(=O)OC)C5C[C@@H](C)O[C@H]6CCC[C@@H]56)[nH]4)cc3)cc2)[nH]1)C1C[C@@H](C)O[C@H]2CCC[C@@H]12. The van der Waals surface area contributed by atoms with E-state index in [4.69, 9.17) is 28.9 Å². The summed E-state index contributed by atoms with van der Waals surface area (Å²) in [6.45, 7) is 8.28. The minimum absolute atomic E-state index is 0.00458. The molecule has 2 aliphatic carbocycles. The molecule has 0 radical (unpaired) electrons. The van der Waals surface area contributed by atoms with Crippen molar-refractivity contribution in [3.05, 3.63) is 72.6 Å². The summed E-state index contributed by atoms with van der Waals surface area (Å²) in [5.41, 5.74) is 5.81. The Balaban J connectivity index is 0.812. The average Bonchev–Trinajstić information content (AvgIpc) is 4.24. The second-order valence-corrected chi connectivity index (χ2v) is 21.1. The largest absolute Gasteiger partial charge is 0.453 e. The molecule has 4 saturated heterocycles. The Kier molecular flexibility index (Phi) is 13.8. The van der Waals surface area contributed by atoms with Crippen LogP contribution in [0.1, 0.15) is 128 Å². The van der Waals surface area contributed by atoms with Crippen molar-refractivity contribution < 1.29 is 38.1 Å². The number of H-pyrrole nitrogens is 2. The van der Waals surface area contributed by atoms with E-state index in [9.17, 15) is 19.2 Å². The van der Waals surface area contributed by atoms with Gasteiger partial charge in [-0.1, -0.05) is 61.4 Å². The molecule has 2 aromatic heterocycles. The molecule has 4 aliphatic heterocycles. The van der Waals surface area contributed by atoms with Crippen molar-refractivity contribution in [2.45, 2.75) is 165 Å². The van der Waals surface area contributed by atoms with Gasteiger partial charge in [0, 0.05) is 12.1 Å². The molecule has 2 saturated carbocycles. The zero-order chi connectivity index (χ0) is 48.8. The van der Waals surface area contributed by atoms with Gasteiger partial charge in [-0.25, -0.2) is 19.6 Å². The smallest absolute Gasteiger partial charge is 0.407 e. The van der Waals surface area contributed by atoms with Crippen molar-refractivity contribution in [1.82, 2.24) is 40.4 Å². The molecule has 6 heterocycles. The fourth-order valence-corrected chi connectivity index (χ4v) is 13.5. The summed E-state index contributed by atoms with van der Waals surface area (Å²) < 4.78 is 22.7. The van der Waals surface area contributed by atoms with Gasteiger partial charge >= 0.3 is 12.2 Å². The minimum atomic E-state index is -0.715. The second-order valence-electron chi connectivity index (χ2n) is 21.1. The molecule has 16 nitrogen and oxygen atoms in total. The highest BCUT2D eigenvalue weighted by Crippen LogP contribution is 2.47. The van der Waals surface area contributed by atoms with Gasteiger partial charge in [0.05, 0.1) is 74.5 Å². The maximum atomic E-state index is 14.7. The molecule has 6 fully saturated rings. The third kappa shape index (κ3) is 9.33. The Bertz CT molecular complexity index is 2340. The van der Waals surface area contributed by atoms with Crippen LogP contribution in [0.15, 0.2) is 60.9 Å². The summed E-state index contributed by atoms with van der Waals surface area (Å²) in [5, 5.41) is 5.94. The third-order valence-electron chi connectivity index (χ3n) is 16.8. The minimum Gasteiger partial charge on any atom is -0.453 e. The molecular formula is C54H70N8O8. The number of hydrogen-bond donors (Lipinski definition) is 4. The van der Waals surface area contributed by atoms with E-state index in [2.05, 4.69) is 96.8 Å². The van der Waals surface area contributed by atoms with Crippen LogP contribution in [0.2, 0.25) is 0 Å². The highest BCUT2D eigenvalue weighted by atomic mass is 16.5. The van der Waals surface area contributed by atoms with Crippen molar-refractivity contribution in [3.8, 4) is 33.6 Å². The van der Waals surface area contributed by atoms with Gasteiger partial charge in [-0.2, -0.15) is 0 Å². The number of nitrogens with one attached hydrogen (secondary N) is 4. The number of alkyl carbamates (subject to hydrolysis) is 2. The van der Waals surface area contributed by atoms with Gasteiger partial charge in [-0.15, -0.1) is 0 Å². The highest BCUT2D eigenvalue weighted by Gasteiger charge is 2.51. The fourth-order valence-electron chi connectivity index (χ4n) is 13.5. The van der Waals surface area contributed by atoms with Crippen LogP contribution < -0.4 is 10.6 Å². The Hall–Kier alpha value is -5.74. The molecule has 0 spiro atoms. The predicted molar refractivity (Wildman–Crippen MR) is 262 cm³/mol. The average molecular weight is 959 g/mol. The lowest BCUT2D eigenvalue weighted by atomic mass is 9.77. The van der Waals surface area contributed by atoms with Crippen molar-refractivity contribution >= 4 is 24.0 Å². The normalized spacial score (nSPS) is 31.4. The molecule has 16 heteroatoms. The molecule has 374 valence electrons. The molecule has 2 aromatic carbocycles. The number of hydrogen-bond acceptors (Lipinski definition) is 10. The number of nitrogens with zero attached hydrogens (tertiary/aromatic N) is 4. The van der Waals surface area contributed by atoms with Crippen molar-refractivity contribution in [2.24, 2.45) is 23.7 Å². The first kappa shape index (κ1) is 47.9. The van der Waals surface area contributed by atoms with Crippen LogP contribution in [0.3, 0.4) is 0 Å². The van der Waals surface area contributed by atoms with E-state index in [0.717, 1.165) is 109 Å². The maximum absolute atomic E-state index is 14.7. The second kappa shape index (κ2) is 20.2. The number of likely N-dealkylation sites (tertiary alicyclic amines) is 2. The van der Waals surface area contributed by atoms with E-state index < -0.39 is 24.3 Å². The molecule has 10 rings (SSSR count). The van der Waals surface area contributed by atoms with Crippen LogP contribution in [0.4, 0.5) is 9.59 Å². The first-order valence-electron chi connectivity index (χ1n) is 25.8. The number of carbonyl (C=O) groups is 4. The topological polar surface area (TPSA) is 193 Å². The molecule has 4 N–H and O–H groups in total. The highest BCUT2D eigenvalue weighted by molar-refractivity contribution is 5.88. The number of imidazole rings is 2. The van der Waals surface area contributed by atoms with Gasteiger partial charge in [0.15, 0.2) is 0 Å². The van der Waals surface area contributed by atoms with Crippen LogP contribution in [-0.2, 0) is 28.5 Å². The monoisotopic (exact) mass is 959 g/mol. The van der Waals surface area contributed by atoms with Crippen LogP contribution in [-0.4, -0.2) is 117 Å². The Labute approximate surface area is 410 Å². The Morgan fingerprint density at radius 3 is 1.34 bits per heavy atom. The van der Waals surface area contributed by atoms with Gasteiger partial charge in [0.2, 0.25) is 11.8 Å². The lowest BCUT2D eigenvalue weighted by Gasteiger charge is -2.43. The van der Waals surface area contributed by atoms with E-state index in [1.54, 1.807) is 0 Å². The van der Waals surface area contributed by atoms with Crippen LogP contribution >= 0.6 is 0 Å². The van der Waals surface area contributed by atoms with E-state index in [0.29, 0.717) is 12.8 Å². The number of rotatable bonds is 11. The lowest BCUT2D eigenvalue weighted by molar-refractivity contribution is -0.144. The third-order valence-corrected chi connectivity index (χ3v) is 16.8. The van der Waals surface area contributed by atoms with Gasteiger partial charge in [0.1, 0.15) is 23.7 Å². The van der Waals surface area contributed by atoms with Crippen LogP contribution in [0.5, 0.6) is 0 Å². The maximum Gasteiger partial charge on any atom is 0.407 e. The standard InChI is InChI=1S/C54H70N8O8/c1-29-13-23-43(61(29)51(63)47(59-53(65)67-5)39-25-31(3)69-45-11-7-9-37(39)45)49-55-27-41(57-49)35-19-15-33(16-20-35)34-17-21-36(22-18-34)42-28-56-50(58-42)44-24-14-30(2)62(44)52(64)48(60-54(66)68-6)40-26-32(4)70-46-12-8-10-38(40)46/h15-22,27-32,37-40,43-48H,7-14,23-26H2,1-6H3,(H,55,57)(H,56,58)(H,59,65)(H,60,66)/t29-,30-,31+,32+,37-,38-,39?,40?,43-,44-,45-,46-,47-,48-/m0/s1. The van der Waals surface area contributed by atoms with Crippen molar-refractivity contribution in [1.29, 1.82) is 0 Å². The first-order valence-corrected chi connectivity index (χ1v) is 25.8. The Morgan fingerprint density at radius 1 is 0.571 bits per heavy atom. The van der Waals surface area contributed by atoms with E-state index >= 15 is 0 Å². The molecule has 14 atom stereocenters. The number of fused-ring (bicyclic) bond motifs is 2. The molecular weight excluding hydrogens is 889 g/mol. The van der Waals surface area contributed by atoms with Crippen LogP contribution in [0, 0.1) is 23.7 Å². The lowest BCUT2D eigenvalue weighted by Crippen LogP contribution is -2.57. The van der Waals surface area contributed by atoms with Crippen molar-refractivity contribution in [2.75, 3.05) is 14.2 Å². The zero-order valence-corrected chi connectivity index (χ0v) is 41.4. The molecule has 70 heavy (non-hydrogen) atoms. The predicted octanol–water partition coefficient (Wildman–Crippen LogP) is 8.87. The summed E-state index contributed by atoms with van der Waals surface area (Å²) >= 11 is 0. The van der Waals surface area contributed by atoms with Gasteiger partial charge in [-0.3, -0.25) is 9.59 Å². The number of ether oxygens (including phenoxy) is 4. The zero-order valence-electron chi connectivity index (χ0n) is 41.4. The summed E-state index contributed by atoms with van der Waals surface area (Å²) in [4.78, 5) is 75.6. The van der Waals surface area contributed by atoms with Crippen LogP contribution in [0.25, 0.3) is 33.6 Å². The summed E-state index contributed by atoms with van der Waals surface area (Å²) in [5.74, 6) is 1.63. The van der Waals surface area contributed by atoms with E-state index in [1.165, 1.54) is 14.2 Å². The number of aromatic nitrogens is 4. The summed E-state index contributed by atoms with van der Waals surface area (Å²) in [6.07, 6.45) is 13.3. The summed E-state index contributed by atoms with van der Waals surface area (Å²) in [7, 11) is 2.68. The van der Waals surface area contributed by atoms with Gasteiger partial charge < -0.3 is 49.3 Å². The first-order chi connectivity index (χ1) is 33.9. The molecule has 6 aliphatic rings. The number of aromatic amines is 2. The van der Waals surface area contributed by atoms with E-state index in [-0.39, 0.29) is 84.1 Å². The molecule has 2 unspecified atom stereocenters. The summed E-state index contributed by atoms with van der Waals surface area (Å²) in [6, 6.07) is 14.7.